The largest absolute Gasteiger partial charge is 0.493 e. The van der Waals surface area contributed by atoms with Crippen molar-refractivity contribution in [3.05, 3.63) is 47.8 Å². The lowest BCUT2D eigenvalue weighted by Crippen LogP contribution is -2.03. The molecule has 170 valence electrons. The summed E-state index contributed by atoms with van der Waals surface area (Å²) in [5.74, 6) is 2.71. The Balaban J connectivity index is 0.00000240. The standard InChI is InChI=1S/C23H28N2O4.2ClH/c1-6-25-22-18-14-24-13-16(17(18)8-9-19(22)29-7-2)10-15-11-20(26-3)23(28-5)21(12-15)27-4;;/h8-9,11-14,25H,6-7,10H2,1-5H3;2*1H. The summed E-state index contributed by atoms with van der Waals surface area (Å²) in [5, 5.41) is 5.60. The average molecular weight is 469 g/mol. The summed E-state index contributed by atoms with van der Waals surface area (Å²) in [6.45, 7) is 5.47. The van der Waals surface area contributed by atoms with Crippen LogP contribution in [-0.4, -0.2) is 39.5 Å². The summed E-state index contributed by atoms with van der Waals surface area (Å²) in [5.41, 5.74) is 3.14. The quantitative estimate of drug-likeness (QED) is 0.445. The van der Waals surface area contributed by atoms with Gasteiger partial charge < -0.3 is 24.3 Å². The number of nitrogens with zero attached hydrogens (tertiary/aromatic N) is 1. The number of nitrogens with one attached hydrogen (secondary N) is 1. The zero-order chi connectivity index (χ0) is 20.8. The first-order chi connectivity index (χ1) is 14.2. The minimum Gasteiger partial charge on any atom is -0.493 e. The molecule has 0 bridgehead atoms. The minimum absolute atomic E-state index is 0. The molecular formula is C23H30Cl2N2O4. The average Bonchev–Trinajstić information content (AvgIpc) is 2.75. The van der Waals surface area contributed by atoms with Crippen LogP contribution in [0.5, 0.6) is 23.0 Å². The monoisotopic (exact) mass is 468 g/mol. The smallest absolute Gasteiger partial charge is 0.203 e. The van der Waals surface area contributed by atoms with E-state index in [4.69, 9.17) is 18.9 Å². The first-order valence-electron chi connectivity index (χ1n) is 9.71. The van der Waals surface area contributed by atoms with Crippen LogP contribution in [0.1, 0.15) is 25.0 Å². The van der Waals surface area contributed by atoms with Crippen LogP contribution in [-0.2, 0) is 6.42 Å². The molecule has 1 aromatic heterocycles. The lowest BCUT2D eigenvalue weighted by molar-refractivity contribution is 0.324. The minimum atomic E-state index is 0. The highest BCUT2D eigenvalue weighted by Gasteiger charge is 2.16. The number of aromatic nitrogens is 1. The van der Waals surface area contributed by atoms with E-state index in [1.807, 2.05) is 37.5 Å². The van der Waals surface area contributed by atoms with E-state index in [2.05, 4.69) is 23.3 Å². The molecule has 1 N–H and O–H groups in total. The fraction of sp³-hybridized carbons (Fsp3) is 0.348. The molecule has 0 unspecified atom stereocenters. The number of rotatable bonds is 9. The third-order valence-corrected chi connectivity index (χ3v) is 4.76. The summed E-state index contributed by atoms with van der Waals surface area (Å²) < 4.78 is 22.2. The molecule has 0 saturated heterocycles. The lowest BCUT2D eigenvalue weighted by Gasteiger charge is -2.17. The van der Waals surface area contributed by atoms with Crippen LogP contribution in [0.3, 0.4) is 0 Å². The van der Waals surface area contributed by atoms with E-state index in [0.29, 0.717) is 30.3 Å². The van der Waals surface area contributed by atoms with Crippen molar-refractivity contribution in [3.8, 4) is 23.0 Å². The number of anilines is 1. The lowest BCUT2D eigenvalue weighted by atomic mass is 9.99. The van der Waals surface area contributed by atoms with E-state index >= 15 is 0 Å². The highest BCUT2D eigenvalue weighted by Crippen LogP contribution is 2.40. The fourth-order valence-electron chi connectivity index (χ4n) is 3.52. The van der Waals surface area contributed by atoms with Gasteiger partial charge in [0.25, 0.3) is 0 Å². The van der Waals surface area contributed by atoms with Gasteiger partial charge in [-0.3, -0.25) is 4.98 Å². The van der Waals surface area contributed by atoms with Crippen molar-refractivity contribution in [2.75, 3.05) is 39.8 Å². The molecule has 8 heteroatoms. The van der Waals surface area contributed by atoms with Crippen LogP contribution >= 0.6 is 24.8 Å². The molecule has 0 aliphatic heterocycles. The fourth-order valence-corrected chi connectivity index (χ4v) is 3.52. The third kappa shape index (κ3) is 5.57. The molecular weight excluding hydrogens is 439 g/mol. The van der Waals surface area contributed by atoms with E-state index in [1.54, 1.807) is 21.3 Å². The topological polar surface area (TPSA) is 61.8 Å². The van der Waals surface area contributed by atoms with Gasteiger partial charge in [0.05, 0.1) is 33.6 Å². The molecule has 0 amide bonds. The molecule has 0 radical (unpaired) electrons. The van der Waals surface area contributed by atoms with Gasteiger partial charge in [-0.1, -0.05) is 6.07 Å². The molecule has 0 atom stereocenters. The first-order valence-corrected chi connectivity index (χ1v) is 9.71. The maximum Gasteiger partial charge on any atom is 0.203 e. The Morgan fingerprint density at radius 2 is 1.52 bits per heavy atom. The molecule has 0 fully saturated rings. The van der Waals surface area contributed by atoms with Gasteiger partial charge in [0.2, 0.25) is 5.75 Å². The summed E-state index contributed by atoms with van der Waals surface area (Å²) in [6.07, 6.45) is 4.47. The number of halogens is 2. The van der Waals surface area contributed by atoms with Crippen molar-refractivity contribution in [2.45, 2.75) is 20.3 Å². The molecule has 2 aromatic carbocycles. The van der Waals surface area contributed by atoms with Gasteiger partial charge in [-0.2, -0.15) is 0 Å². The predicted octanol–water partition coefficient (Wildman–Crippen LogP) is 5.53. The Kier molecular flexibility index (Phi) is 10.5. The Hall–Kier alpha value is -2.57. The van der Waals surface area contributed by atoms with Gasteiger partial charge >= 0.3 is 0 Å². The highest BCUT2D eigenvalue weighted by atomic mass is 35.5. The SMILES string of the molecule is CCNc1c(OCC)ccc2c(Cc3cc(OC)c(OC)c(OC)c3)cncc12.Cl.Cl. The van der Waals surface area contributed by atoms with Gasteiger partial charge in [0.1, 0.15) is 5.75 Å². The molecule has 6 nitrogen and oxygen atoms in total. The molecule has 0 aliphatic rings. The van der Waals surface area contributed by atoms with Crippen LogP contribution in [0, 0.1) is 0 Å². The molecule has 3 aromatic rings. The molecule has 0 saturated carbocycles. The van der Waals surface area contributed by atoms with Crippen molar-refractivity contribution in [1.29, 1.82) is 0 Å². The number of hydrogen-bond acceptors (Lipinski definition) is 6. The van der Waals surface area contributed by atoms with Gasteiger partial charge in [0, 0.05) is 24.3 Å². The number of hydrogen-bond donors (Lipinski definition) is 1. The number of methoxy groups -OCH3 is 3. The van der Waals surface area contributed by atoms with Gasteiger partial charge in [-0.25, -0.2) is 0 Å². The van der Waals surface area contributed by atoms with Crippen LogP contribution in [0.15, 0.2) is 36.7 Å². The molecule has 31 heavy (non-hydrogen) atoms. The van der Waals surface area contributed by atoms with E-state index in [9.17, 15) is 0 Å². The molecule has 1 heterocycles. The molecule has 0 spiro atoms. The van der Waals surface area contributed by atoms with Crippen LogP contribution in [0.25, 0.3) is 10.8 Å². The summed E-state index contributed by atoms with van der Waals surface area (Å²) >= 11 is 0. The van der Waals surface area contributed by atoms with Crippen LogP contribution in [0.4, 0.5) is 5.69 Å². The van der Waals surface area contributed by atoms with Crippen molar-refractivity contribution >= 4 is 41.3 Å². The normalized spacial score (nSPS) is 9.97. The zero-order valence-corrected chi connectivity index (χ0v) is 20.1. The molecule has 3 rings (SSSR count). The van der Waals surface area contributed by atoms with Crippen LogP contribution in [0.2, 0.25) is 0 Å². The van der Waals surface area contributed by atoms with Crippen molar-refractivity contribution in [1.82, 2.24) is 4.98 Å². The second kappa shape index (κ2) is 12.3. The Bertz CT molecular complexity index is 974. The maximum atomic E-state index is 5.80. The summed E-state index contributed by atoms with van der Waals surface area (Å²) in [6, 6.07) is 8.05. The van der Waals surface area contributed by atoms with Crippen LogP contribution < -0.4 is 24.3 Å². The number of pyridine rings is 1. The Labute approximate surface area is 196 Å². The van der Waals surface area contributed by atoms with Gasteiger partial charge in [-0.05, 0) is 55.0 Å². The first kappa shape index (κ1) is 26.5. The summed E-state index contributed by atoms with van der Waals surface area (Å²) in [4.78, 5) is 4.49. The van der Waals surface area contributed by atoms with E-state index in [0.717, 1.165) is 39.9 Å². The number of ether oxygens (including phenoxy) is 4. The number of benzene rings is 2. The van der Waals surface area contributed by atoms with Gasteiger partial charge in [-0.15, -0.1) is 24.8 Å². The second-order valence-electron chi connectivity index (χ2n) is 6.51. The second-order valence-corrected chi connectivity index (χ2v) is 6.51. The third-order valence-electron chi connectivity index (χ3n) is 4.76. The Morgan fingerprint density at radius 1 is 0.839 bits per heavy atom. The maximum absolute atomic E-state index is 5.80. The zero-order valence-electron chi connectivity index (χ0n) is 18.5. The van der Waals surface area contributed by atoms with E-state index in [1.165, 1.54) is 0 Å². The molecule has 0 aliphatic carbocycles. The van der Waals surface area contributed by atoms with Crippen molar-refractivity contribution in [3.63, 3.8) is 0 Å². The Morgan fingerprint density at radius 3 is 2.06 bits per heavy atom. The number of fused-ring (bicyclic) bond motifs is 1. The van der Waals surface area contributed by atoms with Crippen molar-refractivity contribution in [2.24, 2.45) is 0 Å². The van der Waals surface area contributed by atoms with Crippen molar-refractivity contribution < 1.29 is 18.9 Å². The van der Waals surface area contributed by atoms with E-state index in [-0.39, 0.29) is 24.8 Å². The van der Waals surface area contributed by atoms with E-state index < -0.39 is 0 Å². The predicted molar refractivity (Wildman–Crippen MR) is 130 cm³/mol. The summed E-state index contributed by atoms with van der Waals surface area (Å²) in [7, 11) is 4.85. The highest BCUT2D eigenvalue weighted by molar-refractivity contribution is 5.98. The van der Waals surface area contributed by atoms with Gasteiger partial charge in [0.15, 0.2) is 11.5 Å².